The van der Waals surface area contributed by atoms with Crippen LogP contribution in [0.3, 0.4) is 0 Å². The highest BCUT2D eigenvalue weighted by molar-refractivity contribution is 7.22. The summed E-state index contributed by atoms with van der Waals surface area (Å²) >= 11 is 7.84. The number of alkyl halides is 1. The van der Waals surface area contributed by atoms with Crippen LogP contribution in [-0.4, -0.2) is 65.7 Å². The Labute approximate surface area is 225 Å². The number of pyridine rings is 1. The lowest BCUT2D eigenvalue weighted by atomic mass is 9.96. The third-order valence-corrected chi connectivity index (χ3v) is 8.55. The highest BCUT2D eigenvalue weighted by Gasteiger charge is 2.44. The van der Waals surface area contributed by atoms with Crippen LogP contribution in [0.25, 0.3) is 32.2 Å². The number of carbonyl (C=O) groups excluding carboxylic acids is 1. The van der Waals surface area contributed by atoms with Crippen molar-refractivity contribution in [1.29, 1.82) is 0 Å². The van der Waals surface area contributed by atoms with Gasteiger partial charge in [0.1, 0.15) is 23.5 Å². The van der Waals surface area contributed by atoms with Crippen molar-refractivity contribution in [1.82, 2.24) is 14.9 Å². The van der Waals surface area contributed by atoms with E-state index >= 15 is 8.78 Å². The van der Waals surface area contributed by atoms with Crippen LogP contribution in [0.1, 0.15) is 13.8 Å². The fourth-order valence-corrected chi connectivity index (χ4v) is 6.68. The number of anilines is 3. The third-order valence-electron chi connectivity index (χ3n) is 7.40. The second-order valence-electron chi connectivity index (χ2n) is 9.91. The number of thiazole rings is 1. The summed E-state index contributed by atoms with van der Waals surface area (Å²) in [6, 6.07) is 3.70. The molecule has 2 aliphatic heterocycles. The van der Waals surface area contributed by atoms with E-state index in [2.05, 4.69) is 9.97 Å². The molecule has 0 saturated carbocycles. The number of carbonyl (C=O) groups is 1. The van der Waals surface area contributed by atoms with Gasteiger partial charge < -0.3 is 15.5 Å². The summed E-state index contributed by atoms with van der Waals surface area (Å²) in [5.74, 6) is -1.62. The number of aromatic nitrogens is 2. The first-order valence-corrected chi connectivity index (χ1v) is 13.3. The number of hydrogen-bond donors (Lipinski definition) is 1. The highest BCUT2D eigenvalue weighted by atomic mass is 35.5. The van der Waals surface area contributed by atoms with Crippen LogP contribution in [-0.2, 0) is 4.79 Å². The van der Waals surface area contributed by atoms with E-state index in [1.165, 1.54) is 35.4 Å². The van der Waals surface area contributed by atoms with Gasteiger partial charge in [-0.1, -0.05) is 22.9 Å². The molecule has 7 nitrogen and oxygen atoms in total. The predicted molar refractivity (Wildman–Crippen MR) is 146 cm³/mol. The Balaban J connectivity index is 1.56. The Kier molecular flexibility index (Phi) is 5.93. The van der Waals surface area contributed by atoms with Gasteiger partial charge in [-0.15, -0.1) is 0 Å². The van der Waals surface area contributed by atoms with Crippen molar-refractivity contribution in [3.8, 4) is 11.1 Å². The summed E-state index contributed by atoms with van der Waals surface area (Å²) in [6.45, 7) is 4.44. The van der Waals surface area contributed by atoms with Crippen LogP contribution >= 0.6 is 22.9 Å². The molecule has 2 aliphatic rings. The molecule has 1 saturated heterocycles. The van der Waals surface area contributed by atoms with E-state index in [0.29, 0.717) is 34.6 Å². The second kappa shape index (κ2) is 8.96. The second-order valence-corrected chi connectivity index (χ2v) is 11.4. The molecule has 12 heteroatoms. The first-order valence-electron chi connectivity index (χ1n) is 12.1. The van der Waals surface area contributed by atoms with Gasteiger partial charge in [-0.25, -0.2) is 18.2 Å². The molecule has 2 aromatic carbocycles. The van der Waals surface area contributed by atoms with Crippen molar-refractivity contribution in [3.63, 3.8) is 0 Å². The smallest absolute Gasteiger partial charge is 0.250 e. The van der Waals surface area contributed by atoms with Crippen LogP contribution in [0, 0.1) is 11.6 Å². The standard InChI is InChI=1S/C26H24ClF3N6OS/c1-11(28)8-35-10-17-25(37)34(3)16-7-32-22-13(24(16)36(17)9-12(35)2)6-14(27)19(21(22)30)20-15(29)4-5-18-23(20)33-26(31)38-18/h4-7,11-12,17H,8-10H2,1-3H3,(H2,31,33)/t11?,12-,17-/m1/s1. The molecule has 2 N–H and O–H groups in total. The van der Waals surface area contributed by atoms with E-state index in [1.807, 2.05) is 16.7 Å². The molecule has 6 rings (SSSR count). The SMILES string of the molecule is CC(F)CN1C[C@@H]2C(=O)N(C)c3cnc4c(F)c(-c5c(F)ccc6sc(N)nc56)c(Cl)cc4c3N2C[C@H]1C. The Bertz CT molecular complexity index is 1630. The van der Waals surface area contributed by atoms with Crippen molar-refractivity contribution >= 4 is 66.5 Å². The van der Waals surface area contributed by atoms with Crippen LogP contribution in [0.4, 0.5) is 29.7 Å². The largest absolute Gasteiger partial charge is 0.375 e. The lowest BCUT2D eigenvalue weighted by Crippen LogP contribution is -2.65. The number of fused-ring (bicyclic) bond motifs is 6. The molecule has 1 fully saturated rings. The average Bonchev–Trinajstić information content (AvgIpc) is 3.24. The van der Waals surface area contributed by atoms with E-state index in [1.54, 1.807) is 19.2 Å². The average molecular weight is 561 g/mol. The van der Waals surface area contributed by atoms with Gasteiger partial charge in [0.25, 0.3) is 5.91 Å². The molecule has 38 heavy (non-hydrogen) atoms. The van der Waals surface area contributed by atoms with E-state index in [4.69, 9.17) is 17.3 Å². The van der Waals surface area contributed by atoms with Crippen molar-refractivity contribution in [2.45, 2.75) is 32.1 Å². The van der Waals surface area contributed by atoms with E-state index in [9.17, 15) is 9.18 Å². The summed E-state index contributed by atoms with van der Waals surface area (Å²) in [6.07, 6.45) is 0.410. The molecule has 4 heterocycles. The van der Waals surface area contributed by atoms with Gasteiger partial charge in [-0.3, -0.25) is 14.7 Å². The highest BCUT2D eigenvalue weighted by Crippen LogP contribution is 2.47. The molecule has 3 atom stereocenters. The summed E-state index contributed by atoms with van der Waals surface area (Å²) in [4.78, 5) is 27.3. The minimum Gasteiger partial charge on any atom is -0.375 e. The molecule has 0 spiro atoms. The van der Waals surface area contributed by atoms with Gasteiger partial charge in [0, 0.05) is 49.2 Å². The van der Waals surface area contributed by atoms with Crippen LogP contribution < -0.4 is 15.5 Å². The number of likely N-dealkylation sites (N-methyl/N-ethyl adjacent to an activating group) is 1. The Morgan fingerprint density at radius 3 is 2.74 bits per heavy atom. The van der Waals surface area contributed by atoms with E-state index in [-0.39, 0.29) is 50.8 Å². The number of halogens is 4. The molecule has 0 aliphatic carbocycles. The lowest BCUT2D eigenvalue weighted by Gasteiger charge is -2.50. The quantitative estimate of drug-likeness (QED) is 0.369. The third kappa shape index (κ3) is 3.70. The van der Waals surface area contributed by atoms with Gasteiger partial charge >= 0.3 is 0 Å². The minimum absolute atomic E-state index is 0.00304. The van der Waals surface area contributed by atoms with Crippen LogP contribution in [0.15, 0.2) is 24.4 Å². The van der Waals surface area contributed by atoms with Gasteiger partial charge in [-0.2, -0.15) is 0 Å². The number of nitrogens with zero attached hydrogens (tertiary/aromatic N) is 5. The first-order chi connectivity index (χ1) is 18.1. The fraction of sp³-hybridized carbons (Fsp3) is 0.346. The normalized spacial score (nSPS) is 20.8. The van der Waals surface area contributed by atoms with E-state index in [0.717, 1.165) is 0 Å². The summed E-state index contributed by atoms with van der Waals surface area (Å²) < 4.78 is 45.8. The van der Waals surface area contributed by atoms with Gasteiger partial charge in [0.15, 0.2) is 10.9 Å². The zero-order valence-electron chi connectivity index (χ0n) is 20.8. The minimum atomic E-state index is -1.04. The van der Waals surface area contributed by atoms with Gasteiger partial charge in [0.2, 0.25) is 0 Å². The number of hydrogen-bond acceptors (Lipinski definition) is 7. The van der Waals surface area contributed by atoms with E-state index < -0.39 is 23.8 Å². The predicted octanol–water partition coefficient (Wildman–Crippen LogP) is 5.24. The number of nitrogen functional groups attached to an aromatic ring is 1. The van der Waals surface area contributed by atoms with Crippen LogP contribution in [0.5, 0.6) is 0 Å². The number of amides is 1. The van der Waals surface area contributed by atoms with Crippen molar-refractivity contribution in [2.75, 3.05) is 42.2 Å². The molecule has 1 amide bonds. The van der Waals surface area contributed by atoms with Gasteiger partial charge in [-0.05, 0) is 32.0 Å². The number of nitrogens with two attached hydrogens (primary N) is 1. The fourth-order valence-electron chi connectivity index (χ4n) is 5.65. The zero-order chi connectivity index (χ0) is 27.0. The molecule has 1 unspecified atom stereocenters. The zero-order valence-corrected chi connectivity index (χ0v) is 22.4. The molecular formula is C26H24ClF3N6OS. The molecule has 198 valence electrons. The lowest BCUT2D eigenvalue weighted by molar-refractivity contribution is -0.121. The van der Waals surface area contributed by atoms with Crippen molar-refractivity contribution in [2.24, 2.45) is 0 Å². The van der Waals surface area contributed by atoms with Crippen molar-refractivity contribution < 1.29 is 18.0 Å². The number of piperazine rings is 1. The Hall–Kier alpha value is -3.15. The monoisotopic (exact) mass is 560 g/mol. The Morgan fingerprint density at radius 2 is 2.00 bits per heavy atom. The maximum Gasteiger partial charge on any atom is 0.250 e. The summed E-state index contributed by atoms with van der Waals surface area (Å²) in [5, 5.41) is 0.616. The van der Waals surface area contributed by atoms with Crippen LogP contribution in [0.2, 0.25) is 5.02 Å². The number of benzene rings is 2. The topological polar surface area (TPSA) is 78.6 Å². The maximum atomic E-state index is 16.3. The van der Waals surface area contributed by atoms with Gasteiger partial charge in [0.05, 0.1) is 32.8 Å². The molecule has 2 aromatic heterocycles. The molecule has 0 bridgehead atoms. The Morgan fingerprint density at radius 1 is 1.24 bits per heavy atom. The maximum absolute atomic E-state index is 16.3. The molecule has 4 aromatic rings. The summed E-state index contributed by atoms with van der Waals surface area (Å²) in [5.41, 5.74) is 6.98. The number of rotatable bonds is 3. The first kappa shape index (κ1) is 25.1. The molecular weight excluding hydrogens is 537 g/mol. The summed E-state index contributed by atoms with van der Waals surface area (Å²) in [7, 11) is 1.64. The van der Waals surface area contributed by atoms with Crippen molar-refractivity contribution in [3.05, 3.63) is 41.1 Å². The molecule has 0 radical (unpaired) electrons.